The lowest BCUT2D eigenvalue weighted by molar-refractivity contribution is 0.221. The summed E-state index contributed by atoms with van der Waals surface area (Å²) in [5.74, 6) is 2.15. The van der Waals surface area contributed by atoms with Gasteiger partial charge in [-0.1, -0.05) is 24.2 Å². The number of carbonyl (C=O) groups excluding carboxylic acids is 1. The normalized spacial score (nSPS) is 18.0. The second-order valence-corrected chi connectivity index (χ2v) is 6.20. The van der Waals surface area contributed by atoms with Crippen molar-refractivity contribution in [2.75, 3.05) is 18.4 Å². The number of likely N-dealkylation sites (tertiary alicyclic amines) is 1. The molecule has 1 unspecified atom stereocenters. The zero-order chi connectivity index (χ0) is 16.6. The molecule has 1 atom stereocenters. The van der Waals surface area contributed by atoms with Gasteiger partial charge < -0.3 is 19.3 Å². The van der Waals surface area contributed by atoms with Crippen molar-refractivity contribution >= 4 is 11.7 Å². The van der Waals surface area contributed by atoms with Crippen molar-refractivity contribution in [3.8, 4) is 0 Å². The van der Waals surface area contributed by atoms with E-state index in [-0.39, 0.29) is 17.9 Å². The molecule has 8 nitrogen and oxygen atoms in total. The summed E-state index contributed by atoms with van der Waals surface area (Å²) in [6.07, 6.45) is 0.814. The van der Waals surface area contributed by atoms with Crippen LogP contribution in [-0.2, 0) is 0 Å². The maximum absolute atomic E-state index is 12.5. The van der Waals surface area contributed by atoms with Gasteiger partial charge >= 0.3 is 6.03 Å². The van der Waals surface area contributed by atoms with Gasteiger partial charge in [0.2, 0.25) is 5.89 Å². The number of anilines is 1. The minimum Gasteiger partial charge on any atom is -0.359 e. The van der Waals surface area contributed by atoms with Crippen LogP contribution in [0.25, 0.3) is 0 Å². The monoisotopic (exact) mass is 319 g/mol. The van der Waals surface area contributed by atoms with E-state index in [2.05, 4.69) is 20.6 Å². The van der Waals surface area contributed by atoms with Gasteiger partial charge in [-0.3, -0.25) is 0 Å². The predicted octanol–water partition coefficient (Wildman–Crippen LogP) is 2.82. The van der Waals surface area contributed by atoms with E-state index in [9.17, 15) is 4.79 Å². The van der Waals surface area contributed by atoms with Crippen molar-refractivity contribution < 1.29 is 13.8 Å². The highest BCUT2D eigenvalue weighted by molar-refractivity contribution is 5.90. The third-order valence-corrected chi connectivity index (χ3v) is 4.01. The Morgan fingerprint density at radius 3 is 2.74 bits per heavy atom. The molecular weight excluding hydrogens is 298 g/mol. The lowest BCUT2D eigenvalue weighted by atomic mass is 10.1. The van der Waals surface area contributed by atoms with Crippen LogP contribution in [-0.4, -0.2) is 39.3 Å². The topological polar surface area (TPSA) is 97.3 Å². The molecule has 8 heteroatoms. The zero-order valence-electron chi connectivity index (χ0n) is 13.8. The van der Waals surface area contributed by atoms with Gasteiger partial charge in [0.25, 0.3) is 0 Å². The molecule has 0 spiro atoms. The number of nitrogens with zero attached hydrogens (tertiary/aromatic N) is 4. The number of hydrogen-bond acceptors (Lipinski definition) is 6. The van der Waals surface area contributed by atoms with Crippen LogP contribution < -0.4 is 5.32 Å². The fourth-order valence-electron chi connectivity index (χ4n) is 2.74. The van der Waals surface area contributed by atoms with Gasteiger partial charge in [-0.15, -0.1) is 0 Å². The first-order valence-electron chi connectivity index (χ1n) is 7.78. The van der Waals surface area contributed by atoms with Gasteiger partial charge in [0.15, 0.2) is 11.6 Å². The average molecular weight is 319 g/mol. The number of aromatic nitrogens is 3. The summed E-state index contributed by atoms with van der Waals surface area (Å²) in [6, 6.07) is -0.156. The maximum Gasteiger partial charge on any atom is 0.322 e. The van der Waals surface area contributed by atoms with E-state index in [1.54, 1.807) is 11.8 Å². The van der Waals surface area contributed by atoms with Crippen LogP contribution >= 0.6 is 0 Å². The summed E-state index contributed by atoms with van der Waals surface area (Å²) in [4.78, 5) is 18.5. The SMILES string of the molecule is Cc1noc(C2CCN(C(=O)Nc3c(C)noc3C(C)C)C2)n1. The highest BCUT2D eigenvalue weighted by Gasteiger charge is 2.31. The van der Waals surface area contributed by atoms with E-state index in [0.29, 0.717) is 41.9 Å². The summed E-state index contributed by atoms with van der Waals surface area (Å²) in [7, 11) is 0. The molecule has 1 saturated heterocycles. The van der Waals surface area contributed by atoms with Crippen molar-refractivity contribution in [1.82, 2.24) is 20.2 Å². The molecule has 2 amide bonds. The number of nitrogens with one attached hydrogen (secondary N) is 1. The minimum absolute atomic E-state index is 0.0927. The average Bonchev–Trinajstić information content (AvgIpc) is 3.19. The van der Waals surface area contributed by atoms with Crippen molar-refractivity contribution in [3.63, 3.8) is 0 Å². The van der Waals surface area contributed by atoms with E-state index in [1.807, 2.05) is 20.8 Å². The Labute approximate surface area is 134 Å². The van der Waals surface area contributed by atoms with Crippen LogP contribution in [0.1, 0.15) is 55.3 Å². The molecule has 0 aliphatic carbocycles. The number of rotatable bonds is 3. The molecule has 1 aliphatic rings. The number of aryl methyl sites for hydroxylation is 2. The van der Waals surface area contributed by atoms with Gasteiger partial charge in [-0.25, -0.2) is 4.79 Å². The Morgan fingerprint density at radius 2 is 2.09 bits per heavy atom. The molecule has 124 valence electrons. The molecule has 3 rings (SSSR count). The van der Waals surface area contributed by atoms with Gasteiger partial charge in [-0.2, -0.15) is 4.98 Å². The third-order valence-electron chi connectivity index (χ3n) is 4.01. The Balaban J connectivity index is 1.67. The quantitative estimate of drug-likeness (QED) is 0.934. The molecule has 0 saturated carbocycles. The smallest absolute Gasteiger partial charge is 0.322 e. The fraction of sp³-hybridized carbons (Fsp3) is 0.600. The first-order chi connectivity index (χ1) is 11.0. The summed E-state index contributed by atoms with van der Waals surface area (Å²) >= 11 is 0. The van der Waals surface area contributed by atoms with Gasteiger partial charge in [0.05, 0.1) is 5.92 Å². The van der Waals surface area contributed by atoms with Crippen LogP contribution in [0.4, 0.5) is 10.5 Å². The number of amides is 2. The Morgan fingerprint density at radius 1 is 1.30 bits per heavy atom. The molecule has 3 heterocycles. The molecule has 1 aliphatic heterocycles. The molecule has 0 bridgehead atoms. The number of hydrogen-bond donors (Lipinski definition) is 1. The standard InChI is InChI=1S/C15H21N5O3/c1-8(2)13-12(9(3)18-22-13)17-15(21)20-6-5-11(7-20)14-16-10(4)19-23-14/h8,11H,5-7H2,1-4H3,(H,17,21). The predicted molar refractivity (Wildman–Crippen MR) is 82.3 cm³/mol. The maximum atomic E-state index is 12.5. The van der Waals surface area contributed by atoms with Crippen molar-refractivity contribution in [3.05, 3.63) is 23.2 Å². The Hall–Kier alpha value is -2.38. The highest BCUT2D eigenvalue weighted by Crippen LogP contribution is 2.29. The molecular formula is C15H21N5O3. The van der Waals surface area contributed by atoms with Gasteiger partial charge in [0.1, 0.15) is 11.4 Å². The largest absolute Gasteiger partial charge is 0.359 e. The fourth-order valence-corrected chi connectivity index (χ4v) is 2.74. The Kier molecular flexibility index (Phi) is 4.06. The van der Waals surface area contributed by atoms with Crippen molar-refractivity contribution in [2.24, 2.45) is 0 Å². The second-order valence-electron chi connectivity index (χ2n) is 6.20. The summed E-state index contributed by atoms with van der Waals surface area (Å²) in [6.45, 7) is 8.82. The van der Waals surface area contributed by atoms with Crippen LogP contribution in [0.2, 0.25) is 0 Å². The van der Waals surface area contributed by atoms with E-state index in [0.717, 1.165) is 6.42 Å². The van der Waals surface area contributed by atoms with E-state index in [1.165, 1.54) is 0 Å². The van der Waals surface area contributed by atoms with Gasteiger partial charge in [0, 0.05) is 19.0 Å². The summed E-state index contributed by atoms with van der Waals surface area (Å²) in [5.41, 5.74) is 1.35. The van der Waals surface area contributed by atoms with Crippen LogP contribution in [0.15, 0.2) is 9.05 Å². The van der Waals surface area contributed by atoms with Crippen LogP contribution in [0.5, 0.6) is 0 Å². The van der Waals surface area contributed by atoms with Crippen LogP contribution in [0, 0.1) is 13.8 Å². The first-order valence-corrected chi connectivity index (χ1v) is 7.78. The van der Waals surface area contributed by atoms with Crippen LogP contribution in [0.3, 0.4) is 0 Å². The van der Waals surface area contributed by atoms with Crippen molar-refractivity contribution in [1.29, 1.82) is 0 Å². The summed E-state index contributed by atoms with van der Waals surface area (Å²) in [5, 5.41) is 10.7. The Bertz CT molecular complexity index is 706. The summed E-state index contributed by atoms with van der Waals surface area (Å²) < 4.78 is 10.5. The van der Waals surface area contributed by atoms with E-state index in [4.69, 9.17) is 9.05 Å². The van der Waals surface area contributed by atoms with Crippen molar-refractivity contribution in [2.45, 2.75) is 46.0 Å². The minimum atomic E-state index is -0.156. The third kappa shape index (κ3) is 3.06. The van der Waals surface area contributed by atoms with Gasteiger partial charge in [-0.05, 0) is 20.3 Å². The number of urea groups is 1. The molecule has 1 N–H and O–H groups in total. The molecule has 0 aromatic carbocycles. The zero-order valence-corrected chi connectivity index (χ0v) is 13.8. The lowest BCUT2D eigenvalue weighted by Gasteiger charge is -2.17. The molecule has 2 aromatic heterocycles. The molecule has 2 aromatic rings. The number of carbonyl (C=O) groups is 1. The van der Waals surface area contributed by atoms with E-state index >= 15 is 0 Å². The molecule has 1 fully saturated rings. The molecule has 23 heavy (non-hydrogen) atoms. The van der Waals surface area contributed by atoms with E-state index < -0.39 is 0 Å². The first kappa shape index (κ1) is 15.5. The molecule has 0 radical (unpaired) electrons. The second kappa shape index (κ2) is 6.02. The lowest BCUT2D eigenvalue weighted by Crippen LogP contribution is -2.33. The highest BCUT2D eigenvalue weighted by atomic mass is 16.5.